The average molecular weight is 1000 g/mol. The Morgan fingerprint density at radius 3 is 2.06 bits per heavy atom. The largest absolute Gasteiger partial charge is 0.716 e. The molecule has 13 atom stereocenters. The van der Waals surface area contributed by atoms with E-state index in [4.69, 9.17) is 4.74 Å². The molecule has 386 valence electrons. The molecule has 0 aromatic heterocycles. The lowest BCUT2D eigenvalue weighted by atomic mass is 9.98. The number of nitrogens with zero attached hydrogens (tertiary/aromatic N) is 2. The number of rotatable bonds is 10. The summed E-state index contributed by atoms with van der Waals surface area (Å²) in [6.07, 6.45) is -15.7. The minimum atomic E-state index is -5.48. The maximum absolute atomic E-state index is 14.4. The number of ether oxygens (including phenoxy) is 1. The van der Waals surface area contributed by atoms with Gasteiger partial charge in [-0.15, -0.1) is 0 Å². The highest BCUT2D eigenvalue weighted by molar-refractivity contribution is 7.81. The Balaban J connectivity index is 1.86. The zero-order valence-corrected chi connectivity index (χ0v) is 38.7. The third-order valence-electron chi connectivity index (χ3n) is 11.2. The number of carbonyl (C=O) groups excluding carboxylic acids is 7. The van der Waals surface area contributed by atoms with Crippen LogP contribution in [0.4, 0.5) is 4.79 Å². The number of phenols is 1. The molecular formula is C40H58N7O21S-. The first-order valence-electron chi connectivity index (χ1n) is 21.4. The highest BCUT2D eigenvalue weighted by atomic mass is 32.3. The molecule has 29 heteroatoms. The molecule has 7 amide bonds. The van der Waals surface area contributed by atoms with Gasteiger partial charge in [-0.25, -0.2) is 13.2 Å². The number of benzene rings is 1. The molecule has 3 fully saturated rings. The lowest BCUT2D eigenvalue weighted by molar-refractivity contribution is -0.149. The fraction of sp³-hybridized carbons (Fsp3) is 0.650. The van der Waals surface area contributed by atoms with Gasteiger partial charge in [-0.2, -0.15) is 0 Å². The highest BCUT2D eigenvalue weighted by Crippen LogP contribution is 2.30. The fourth-order valence-corrected chi connectivity index (χ4v) is 8.24. The fourth-order valence-electron chi connectivity index (χ4n) is 7.89. The standard InChI is InChI=1S/C40H59N7O21S/c1-16-14-47-31(32(16)56)36(60)41-13-19(49)10-21(42-39(63)67-40(3,4)5)33(57)43-28(17(2)48)37(61)46-15-20(50)11-22(46)34(58)44-29(35(59)45-30(38(47)62)25(53)12-27(54)55)24(52)8-18-6-7-23(51)26(9-18)68-69(64,65)66/h6-7,9,16-17,19-22,24-25,28-32,48-53,56H,8,10-15H2,1-5H3,(H,41,60)(H,42,63)(H,43,57)(H,44,58)(H,45,59)(H,54,55)(H,64,65,66)/p-1/t16-,17+,19+,20+,21?,22-,24+,25+,28?,29-,30-,31-,32-/m0/s1. The van der Waals surface area contributed by atoms with Crippen LogP contribution >= 0.6 is 0 Å². The molecule has 0 bridgehead atoms. The van der Waals surface area contributed by atoms with Gasteiger partial charge in [-0.3, -0.25) is 33.6 Å². The molecule has 0 radical (unpaired) electrons. The van der Waals surface area contributed by atoms with Crippen molar-refractivity contribution in [2.75, 3.05) is 19.6 Å². The summed E-state index contributed by atoms with van der Waals surface area (Å²) in [4.78, 5) is 111. The molecule has 3 saturated heterocycles. The van der Waals surface area contributed by atoms with Gasteiger partial charge in [-0.05, 0) is 45.4 Å². The van der Waals surface area contributed by atoms with E-state index in [-0.39, 0.29) is 5.56 Å². The summed E-state index contributed by atoms with van der Waals surface area (Å²) in [6.45, 7) is 5.14. The van der Waals surface area contributed by atoms with Crippen LogP contribution in [-0.2, 0) is 55.1 Å². The molecule has 0 saturated carbocycles. The third-order valence-corrected chi connectivity index (χ3v) is 11.6. The maximum atomic E-state index is 14.4. The lowest BCUT2D eigenvalue weighted by Crippen LogP contribution is -2.64. The van der Waals surface area contributed by atoms with Crippen molar-refractivity contribution in [1.82, 2.24) is 36.4 Å². The van der Waals surface area contributed by atoms with Crippen molar-refractivity contribution < 1.29 is 101 Å². The molecule has 28 nitrogen and oxygen atoms in total. The van der Waals surface area contributed by atoms with Crippen molar-refractivity contribution in [2.24, 2.45) is 5.92 Å². The second-order valence-corrected chi connectivity index (χ2v) is 19.0. The molecule has 4 rings (SSSR count). The van der Waals surface area contributed by atoms with E-state index >= 15 is 0 Å². The van der Waals surface area contributed by atoms with Gasteiger partial charge in [0.05, 0.1) is 43.0 Å². The number of aliphatic hydroxyl groups excluding tert-OH is 6. The van der Waals surface area contributed by atoms with Crippen LogP contribution in [0.5, 0.6) is 11.5 Å². The summed E-state index contributed by atoms with van der Waals surface area (Å²) in [6, 6.07) is -9.36. The first-order valence-corrected chi connectivity index (χ1v) is 22.8. The van der Waals surface area contributed by atoms with E-state index in [0.29, 0.717) is 9.80 Å². The summed E-state index contributed by atoms with van der Waals surface area (Å²) >= 11 is 0. The van der Waals surface area contributed by atoms with Gasteiger partial charge < -0.3 is 90.7 Å². The minimum absolute atomic E-state index is 0.177. The molecule has 13 N–H and O–H groups in total. The summed E-state index contributed by atoms with van der Waals surface area (Å²) in [7, 11) is -5.48. The van der Waals surface area contributed by atoms with Crippen molar-refractivity contribution in [3.05, 3.63) is 23.8 Å². The lowest BCUT2D eigenvalue weighted by Gasteiger charge is -2.33. The van der Waals surface area contributed by atoms with Gasteiger partial charge in [0.1, 0.15) is 41.9 Å². The van der Waals surface area contributed by atoms with E-state index in [0.717, 1.165) is 25.1 Å². The summed E-state index contributed by atoms with van der Waals surface area (Å²) in [5.74, 6) is -12.2. The summed E-state index contributed by atoms with van der Waals surface area (Å²) in [5, 5.41) is 97.3. The number of aromatic hydroxyl groups is 1. The Hall–Kier alpha value is -5.95. The molecule has 3 aliphatic heterocycles. The second kappa shape index (κ2) is 22.6. The number of amides is 7. The van der Waals surface area contributed by atoms with Crippen LogP contribution < -0.4 is 30.8 Å². The molecule has 3 aliphatic rings. The molecule has 1 aromatic rings. The van der Waals surface area contributed by atoms with Crippen LogP contribution in [0.15, 0.2) is 18.2 Å². The van der Waals surface area contributed by atoms with Crippen molar-refractivity contribution >= 4 is 57.9 Å². The Morgan fingerprint density at radius 2 is 1.46 bits per heavy atom. The van der Waals surface area contributed by atoms with Crippen LogP contribution in [-0.4, -0.2) is 209 Å². The van der Waals surface area contributed by atoms with Crippen LogP contribution in [0.3, 0.4) is 0 Å². The van der Waals surface area contributed by atoms with Crippen molar-refractivity contribution in [3.8, 4) is 11.5 Å². The van der Waals surface area contributed by atoms with Gasteiger partial charge in [0.15, 0.2) is 11.5 Å². The van der Waals surface area contributed by atoms with E-state index in [1.165, 1.54) is 27.7 Å². The SMILES string of the molecule is C[C@@H](O)C1NC(=O)C(NC(=O)OC(C)(C)C)C[C@@H](O)CNC(=O)[C@@H]2[C@@H](O)[C@@H](C)CN2C(=O)[C@H]([C@H](O)CC(=O)O)NC(=O)[C@H]([C@H](O)Cc2ccc(O)c(OS(=O)(=O)[O-])c2)NC(=O)[C@@H]2C[C@@H](O)CN2C1=O. The van der Waals surface area contributed by atoms with E-state index < -0.39 is 199 Å². The van der Waals surface area contributed by atoms with E-state index in [2.05, 4.69) is 30.8 Å². The Morgan fingerprint density at radius 1 is 0.855 bits per heavy atom. The summed E-state index contributed by atoms with van der Waals surface area (Å²) < 4.78 is 43.4. The van der Waals surface area contributed by atoms with Crippen LogP contribution in [0.1, 0.15) is 59.4 Å². The van der Waals surface area contributed by atoms with E-state index in [1.807, 2.05) is 0 Å². The Kier molecular flexibility index (Phi) is 18.3. The van der Waals surface area contributed by atoms with E-state index in [9.17, 15) is 92.2 Å². The maximum Gasteiger partial charge on any atom is 0.408 e. The third kappa shape index (κ3) is 15.0. The number of alkyl carbamates (subject to hydrolysis) is 1. The van der Waals surface area contributed by atoms with Gasteiger partial charge >= 0.3 is 12.1 Å². The van der Waals surface area contributed by atoms with Gasteiger partial charge in [0, 0.05) is 44.8 Å². The number of nitrogens with one attached hydrogen (secondary N) is 5. The molecule has 69 heavy (non-hydrogen) atoms. The average Bonchev–Trinajstić information content (AvgIpc) is 3.76. The van der Waals surface area contributed by atoms with Gasteiger partial charge in [-0.1, -0.05) is 13.0 Å². The number of aliphatic hydroxyl groups is 6. The van der Waals surface area contributed by atoms with Crippen molar-refractivity contribution in [1.29, 1.82) is 0 Å². The molecule has 3 heterocycles. The van der Waals surface area contributed by atoms with Crippen LogP contribution in [0, 0.1) is 5.92 Å². The molecule has 2 unspecified atom stereocenters. The molecule has 1 aromatic carbocycles. The van der Waals surface area contributed by atoms with E-state index in [1.54, 1.807) is 0 Å². The Labute approximate surface area is 394 Å². The number of carboxylic acids is 1. The predicted octanol–water partition coefficient (Wildman–Crippen LogP) is -6.25. The zero-order chi connectivity index (χ0) is 52.0. The van der Waals surface area contributed by atoms with Gasteiger partial charge in [0.2, 0.25) is 35.4 Å². The number of fused-ring (bicyclic) bond motifs is 2. The first kappa shape index (κ1) is 55.6. The number of β-amino-alcohol motifs (C(OH)–C–C–N with tert-alkyl or cyclic N) is 1. The van der Waals surface area contributed by atoms with Crippen molar-refractivity contribution in [3.63, 3.8) is 0 Å². The first-order chi connectivity index (χ1) is 31.9. The van der Waals surface area contributed by atoms with Gasteiger partial charge in [0.25, 0.3) is 10.4 Å². The van der Waals surface area contributed by atoms with Crippen LogP contribution in [0.2, 0.25) is 0 Å². The second-order valence-electron chi connectivity index (χ2n) is 18.1. The number of carbonyl (C=O) groups is 8. The predicted molar refractivity (Wildman–Crippen MR) is 227 cm³/mol. The number of phenolic OH excluding ortho intramolecular Hbond substituents is 1. The summed E-state index contributed by atoms with van der Waals surface area (Å²) in [5.41, 5.74) is -1.29. The molecule has 0 spiro atoms. The van der Waals surface area contributed by atoms with Crippen molar-refractivity contribution in [2.45, 2.75) is 139 Å². The smallest absolute Gasteiger partial charge is 0.408 e. The normalized spacial score (nSPS) is 29.4. The monoisotopic (exact) mass is 1000 g/mol. The quantitative estimate of drug-likeness (QED) is 0.0766. The minimum Gasteiger partial charge on any atom is -0.716 e. The number of hydrogen-bond acceptors (Lipinski definition) is 20. The Bertz CT molecular complexity index is 2230. The number of aliphatic carboxylic acids is 1. The zero-order valence-electron chi connectivity index (χ0n) is 37.9. The molecular weight excluding hydrogens is 947 g/mol. The molecule has 0 aliphatic carbocycles. The van der Waals surface area contributed by atoms with Crippen LogP contribution in [0.25, 0.3) is 0 Å². The topological polar surface area (TPSA) is 441 Å². The highest BCUT2D eigenvalue weighted by Gasteiger charge is 2.50. The number of hydrogen-bond donors (Lipinski definition) is 13. The number of carboxylic acid groups (broad SMARTS) is 1.